The summed E-state index contributed by atoms with van der Waals surface area (Å²) in [5.74, 6) is -1.25. The van der Waals surface area contributed by atoms with E-state index in [9.17, 15) is 14.4 Å². The van der Waals surface area contributed by atoms with Crippen LogP contribution in [0.1, 0.15) is 37.5 Å². The number of carbonyl (C=O) groups excluding carboxylic acids is 3. The minimum Gasteiger partial charge on any atom is -0.481 e. The molecule has 2 amide bonds. The van der Waals surface area contributed by atoms with Crippen molar-refractivity contribution in [2.24, 2.45) is 0 Å². The fraction of sp³-hybridized carbons (Fsp3) is 0.316. The molecule has 1 fully saturated rings. The Morgan fingerprint density at radius 3 is 2.21 bits per heavy atom. The number of ether oxygens (including phenoxy) is 3. The lowest BCUT2D eigenvalue weighted by Crippen LogP contribution is -2.45. The van der Waals surface area contributed by atoms with Gasteiger partial charge < -0.3 is 14.2 Å². The van der Waals surface area contributed by atoms with Crippen LogP contribution in [0, 0.1) is 0 Å². The second kappa shape index (κ2) is 8.55. The van der Waals surface area contributed by atoms with Gasteiger partial charge in [-0.05, 0) is 18.6 Å². The van der Waals surface area contributed by atoms with Gasteiger partial charge in [-0.1, -0.05) is 0 Å². The molecular formula is C19H20N4O6. The number of aromatic nitrogens is 2. The van der Waals surface area contributed by atoms with Gasteiger partial charge in [-0.25, -0.2) is 14.8 Å². The van der Waals surface area contributed by atoms with Gasteiger partial charge in [-0.3, -0.25) is 14.6 Å². The zero-order chi connectivity index (χ0) is 21.0. The van der Waals surface area contributed by atoms with E-state index in [4.69, 9.17) is 14.2 Å². The molecular weight excluding hydrogens is 380 g/mol. The first-order chi connectivity index (χ1) is 14.0. The monoisotopic (exact) mass is 400 g/mol. The minimum absolute atomic E-state index is 0.0545. The maximum absolute atomic E-state index is 13.1. The molecule has 0 aromatic carbocycles. The molecule has 0 bridgehead atoms. The number of nitrogens with zero attached hydrogens (tertiary/aromatic N) is 4. The Balaban J connectivity index is 1.92. The predicted octanol–water partition coefficient (Wildman–Crippen LogP) is 1.18. The Morgan fingerprint density at radius 2 is 1.59 bits per heavy atom. The number of esters is 1. The first-order valence-electron chi connectivity index (χ1n) is 8.76. The molecule has 152 valence electrons. The van der Waals surface area contributed by atoms with Gasteiger partial charge >= 0.3 is 5.97 Å². The fourth-order valence-corrected chi connectivity index (χ4v) is 3.02. The Morgan fingerprint density at radius 1 is 0.897 bits per heavy atom. The Kier molecular flexibility index (Phi) is 5.91. The summed E-state index contributed by atoms with van der Waals surface area (Å²) in [7, 11) is 4.08. The van der Waals surface area contributed by atoms with Gasteiger partial charge in [0.25, 0.3) is 11.8 Å². The summed E-state index contributed by atoms with van der Waals surface area (Å²) in [6.07, 6.45) is 3.26. The van der Waals surface area contributed by atoms with E-state index >= 15 is 0 Å². The third-order valence-corrected chi connectivity index (χ3v) is 4.42. The average molecular weight is 400 g/mol. The zero-order valence-electron chi connectivity index (χ0n) is 16.2. The topological polar surface area (TPSA) is 111 Å². The van der Waals surface area contributed by atoms with Crippen LogP contribution in [0.4, 0.5) is 0 Å². The van der Waals surface area contributed by atoms with Crippen LogP contribution in [0.25, 0.3) is 0 Å². The summed E-state index contributed by atoms with van der Waals surface area (Å²) in [5.41, 5.74) is 0.321. The predicted molar refractivity (Wildman–Crippen MR) is 99.6 cm³/mol. The second-order valence-electron chi connectivity index (χ2n) is 6.03. The first kappa shape index (κ1) is 20.1. The third-order valence-electron chi connectivity index (χ3n) is 4.42. The van der Waals surface area contributed by atoms with E-state index in [0.717, 1.165) is 0 Å². The van der Waals surface area contributed by atoms with E-state index in [1.807, 2.05) is 0 Å². The van der Waals surface area contributed by atoms with E-state index in [-0.39, 0.29) is 22.6 Å². The van der Waals surface area contributed by atoms with Crippen LogP contribution in [0.3, 0.4) is 0 Å². The van der Waals surface area contributed by atoms with Gasteiger partial charge in [0.15, 0.2) is 0 Å². The lowest BCUT2D eigenvalue weighted by Gasteiger charge is -2.28. The van der Waals surface area contributed by atoms with Crippen LogP contribution >= 0.6 is 0 Å². The van der Waals surface area contributed by atoms with Crippen molar-refractivity contribution in [3.05, 3.63) is 47.3 Å². The molecule has 0 atom stereocenters. The molecule has 29 heavy (non-hydrogen) atoms. The van der Waals surface area contributed by atoms with Gasteiger partial charge in [-0.15, -0.1) is 0 Å². The van der Waals surface area contributed by atoms with Crippen molar-refractivity contribution in [2.45, 2.75) is 6.42 Å². The van der Waals surface area contributed by atoms with E-state index in [0.29, 0.717) is 25.4 Å². The second-order valence-corrected chi connectivity index (χ2v) is 6.03. The molecule has 10 nitrogen and oxygen atoms in total. The van der Waals surface area contributed by atoms with Gasteiger partial charge in [0.1, 0.15) is 5.56 Å². The van der Waals surface area contributed by atoms with E-state index < -0.39 is 17.8 Å². The van der Waals surface area contributed by atoms with Crippen molar-refractivity contribution >= 4 is 17.8 Å². The minimum atomic E-state index is -0.658. The molecule has 0 aliphatic carbocycles. The molecule has 10 heteroatoms. The highest BCUT2D eigenvalue weighted by Crippen LogP contribution is 2.25. The van der Waals surface area contributed by atoms with Crippen molar-refractivity contribution < 1.29 is 28.6 Å². The Bertz CT molecular complexity index is 948. The number of hydrazine groups is 1. The van der Waals surface area contributed by atoms with Gasteiger partial charge in [-0.2, -0.15) is 4.98 Å². The third kappa shape index (κ3) is 3.82. The first-order valence-corrected chi connectivity index (χ1v) is 8.76. The average Bonchev–Trinajstić information content (AvgIpc) is 3.27. The number of methoxy groups -OCH3 is 3. The number of pyridine rings is 2. The van der Waals surface area contributed by atoms with E-state index in [2.05, 4.69) is 9.97 Å². The van der Waals surface area contributed by atoms with Crippen LogP contribution in [0.15, 0.2) is 30.6 Å². The summed E-state index contributed by atoms with van der Waals surface area (Å²) >= 11 is 0. The summed E-state index contributed by atoms with van der Waals surface area (Å²) in [6, 6.07) is 4.46. The molecule has 2 aromatic rings. The highest BCUT2D eigenvalue weighted by atomic mass is 16.5. The molecule has 1 aliphatic rings. The van der Waals surface area contributed by atoms with Crippen LogP contribution in [-0.4, -0.2) is 72.2 Å². The van der Waals surface area contributed by atoms with Gasteiger partial charge in [0.2, 0.25) is 11.8 Å². The normalized spacial score (nSPS) is 13.2. The summed E-state index contributed by atoms with van der Waals surface area (Å²) < 4.78 is 15.0. The van der Waals surface area contributed by atoms with Gasteiger partial charge in [0, 0.05) is 31.5 Å². The van der Waals surface area contributed by atoms with Crippen molar-refractivity contribution in [2.75, 3.05) is 34.4 Å². The summed E-state index contributed by atoms with van der Waals surface area (Å²) in [6.45, 7) is 0.638. The number of amides is 2. The van der Waals surface area contributed by atoms with Crippen molar-refractivity contribution in [3.63, 3.8) is 0 Å². The smallest absolute Gasteiger partial charge is 0.338 e. The standard InChI is InChI=1S/C19H20N4O6/c1-27-15-6-5-13(16(21-15)28-2)17(24)22-9-4-10-23(22)18(25)14-11-20-8-7-12(14)19(26)29-3/h5-8,11H,4,9-10H2,1-3H3. The van der Waals surface area contributed by atoms with Crippen molar-refractivity contribution in [1.29, 1.82) is 0 Å². The fourth-order valence-electron chi connectivity index (χ4n) is 3.02. The number of hydrogen-bond acceptors (Lipinski definition) is 8. The van der Waals surface area contributed by atoms with Crippen LogP contribution in [0.2, 0.25) is 0 Å². The van der Waals surface area contributed by atoms with E-state index in [1.54, 1.807) is 0 Å². The molecule has 3 rings (SSSR count). The molecule has 0 spiro atoms. The summed E-state index contributed by atoms with van der Waals surface area (Å²) in [5, 5.41) is 2.60. The van der Waals surface area contributed by atoms with Crippen molar-refractivity contribution in [3.8, 4) is 11.8 Å². The van der Waals surface area contributed by atoms with Crippen LogP contribution in [0.5, 0.6) is 11.8 Å². The highest BCUT2D eigenvalue weighted by molar-refractivity contribution is 6.06. The molecule has 3 heterocycles. The molecule has 1 saturated heterocycles. The maximum Gasteiger partial charge on any atom is 0.338 e. The molecule has 0 unspecified atom stereocenters. The molecule has 0 N–H and O–H groups in total. The molecule has 0 saturated carbocycles. The molecule has 2 aromatic heterocycles. The van der Waals surface area contributed by atoms with Crippen LogP contribution < -0.4 is 9.47 Å². The van der Waals surface area contributed by atoms with Gasteiger partial charge in [0.05, 0.1) is 32.5 Å². The summed E-state index contributed by atoms with van der Waals surface area (Å²) in [4.78, 5) is 46.3. The Labute approximate surface area is 167 Å². The molecule has 1 aliphatic heterocycles. The maximum atomic E-state index is 13.1. The lowest BCUT2D eigenvalue weighted by molar-refractivity contribution is 0.0181. The highest BCUT2D eigenvalue weighted by Gasteiger charge is 2.35. The largest absolute Gasteiger partial charge is 0.481 e. The van der Waals surface area contributed by atoms with E-state index in [1.165, 1.54) is 61.9 Å². The quantitative estimate of drug-likeness (QED) is 0.688. The number of rotatable bonds is 5. The SMILES string of the molecule is COC(=O)c1ccncc1C(=O)N1CCCN1C(=O)c1ccc(OC)nc1OC. The molecule has 0 radical (unpaired) electrons. The van der Waals surface area contributed by atoms with Crippen LogP contribution in [-0.2, 0) is 4.74 Å². The zero-order valence-corrected chi connectivity index (χ0v) is 16.2. The number of hydrogen-bond donors (Lipinski definition) is 0. The lowest BCUT2D eigenvalue weighted by atomic mass is 10.1. The van der Waals surface area contributed by atoms with Crippen molar-refractivity contribution in [1.82, 2.24) is 20.0 Å². The Hall–Kier alpha value is -3.69. The number of carbonyl (C=O) groups is 3.